The molecule has 0 spiro atoms. The first-order valence-corrected chi connectivity index (χ1v) is 9.71. The highest BCUT2D eigenvalue weighted by molar-refractivity contribution is 5.95. The zero-order valence-corrected chi connectivity index (χ0v) is 17.3. The molecule has 3 amide bonds. The molecule has 12 heteroatoms. The quantitative estimate of drug-likeness (QED) is 0.220. The minimum Gasteiger partial charge on any atom is -0.481 e. The number of aliphatic carboxylic acids is 2. The smallest absolute Gasteiger partial charge is 0.322 e. The Kier molecular flexibility index (Phi) is 8.30. The Morgan fingerprint density at radius 2 is 1.69 bits per heavy atom. The number of benzene rings is 1. The van der Waals surface area contributed by atoms with Crippen LogP contribution in [0.4, 0.5) is 0 Å². The molecule has 2 rings (SSSR count). The maximum absolute atomic E-state index is 12.8. The minimum absolute atomic E-state index is 0.0326. The number of amides is 3. The summed E-state index contributed by atoms with van der Waals surface area (Å²) in [6, 6.07) is 3.68. The zero-order chi connectivity index (χ0) is 23.8. The standard InChI is InChI=1S/C20H25N5O7/c1-10(18(30)23-9-17(28)29)24-20(32)15(25-19(31)13(21)7-16(26)27)6-11-8-22-14-5-3-2-4-12(11)14/h2-5,8,10,13,15,22H,6-7,9,21H2,1H3,(H,23,30)(H,24,32)(H,25,31)(H,26,27)(H,28,29). The molecule has 3 atom stereocenters. The third-order valence-corrected chi connectivity index (χ3v) is 4.63. The first-order valence-electron chi connectivity index (χ1n) is 9.71. The molecule has 2 aromatic rings. The van der Waals surface area contributed by atoms with Crippen molar-refractivity contribution in [1.29, 1.82) is 0 Å². The molecule has 0 saturated heterocycles. The van der Waals surface area contributed by atoms with Crippen LogP contribution in [0.15, 0.2) is 30.5 Å². The van der Waals surface area contributed by atoms with Gasteiger partial charge in [0.05, 0.1) is 12.5 Å². The Hall–Kier alpha value is -3.93. The zero-order valence-electron chi connectivity index (χ0n) is 17.3. The lowest BCUT2D eigenvalue weighted by Gasteiger charge is -2.22. The number of carboxylic acid groups (broad SMARTS) is 2. The SMILES string of the molecule is CC(NC(=O)C(Cc1c[nH]c2ccccc12)NC(=O)C(N)CC(=O)O)C(=O)NCC(=O)O. The first-order chi connectivity index (χ1) is 15.1. The third kappa shape index (κ3) is 6.80. The minimum atomic E-state index is -1.37. The summed E-state index contributed by atoms with van der Waals surface area (Å²) in [7, 11) is 0. The number of H-pyrrole nitrogens is 1. The van der Waals surface area contributed by atoms with Crippen LogP contribution in [-0.4, -0.2) is 69.5 Å². The summed E-state index contributed by atoms with van der Waals surface area (Å²) in [6.45, 7) is 0.744. The van der Waals surface area contributed by atoms with Crippen molar-refractivity contribution < 1.29 is 34.2 Å². The monoisotopic (exact) mass is 447 g/mol. The van der Waals surface area contributed by atoms with Crippen LogP contribution < -0.4 is 21.7 Å². The van der Waals surface area contributed by atoms with Gasteiger partial charge in [0.15, 0.2) is 0 Å². The third-order valence-electron chi connectivity index (χ3n) is 4.63. The van der Waals surface area contributed by atoms with Crippen LogP contribution in [0.2, 0.25) is 0 Å². The van der Waals surface area contributed by atoms with E-state index in [1.807, 2.05) is 24.3 Å². The number of rotatable bonds is 11. The topological polar surface area (TPSA) is 204 Å². The van der Waals surface area contributed by atoms with Gasteiger partial charge >= 0.3 is 11.9 Å². The molecule has 8 N–H and O–H groups in total. The van der Waals surface area contributed by atoms with Crippen molar-refractivity contribution in [1.82, 2.24) is 20.9 Å². The molecule has 3 unspecified atom stereocenters. The van der Waals surface area contributed by atoms with Gasteiger partial charge in [-0.1, -0.05) is 18.2 Å². The fourth-order valence-electron chi connectivity index (χ4n) is 2.98. The Labute approximate surface area is 182 Å². The highest BCUT2D eigenvalue weighted by atomic mass is 16.4. The number of nitrogens with two attached hydrogens (primary N) is 1. The van der Waals surface area contributed by atoms with Crippen LogP contribution >= 0.6 is 0 Å². The average Bonchev–Trinajstić information content (AvgIpc) is 3.13. The fourth-order valence-corrected chi connectivity index (χ4v) is 2.98. The molecule has 1 heterocycles. The number of carbonyl (C=O) groups excluding carboxylic acids is 3. The lowest BCUT2D eigenvalue weighted by atomic mass is 10.0. The summed E-state index contributed by atoms with van der Waals surface area (Å²) in [5.74, 6) is -4.79. The highest BCUT2D eigenvalue weighted by Gasteiger charge is 2.28. The lowest BCUT2D eigenvalue weighted by molar-refractivity contribution is -0.139. The van der Waals surface area contributed by atoms with E-state index in [1.54, 1.807) is 6.20 Å². The largest absolute Gasteiger partial charge is 0.481 e. The molecule has 172 valence electrons. The number of aromatic amines is 1. The van der Waals surface area contributed by atoms with Gasteiger partial charge in [-0.15, -0.1) is 0 Å². The van der Waals surface area contributed by atoms with Gasteiger partial charge in [-0.2, -0.15) is 0 Å². The van der Waals surface area contributed by atoms with Crippen molar-refractivity contribution in [2.24, 2.45) is 5.73 Å². The van der Waals surface area contributed by atoms with Crippen LogP contribution in [0.25, 0.3) is 10.9 Å². The van der Waals surface area contributed by atoms with Crippen LogP contribution in [0.5, 0.6) is 0 Å². The maximum Gasteiger partial charge on any atom is 0.322 e. The van der Waals surface area contributed by atoms with Crippen molar-refractivity contribution in [2.45, 2.75) is 37.9 Å². The number of hydrogen-bond acceptors (Lipinski definition) is 6. The predicted molar refractivity (Wildman–Crippen MR) is 112 cm³/mol. The van der Waals surface area contributed by atoms with Gasteiger partial charge in [0, 0.05) is 23.5 Å². The number of nitrogens with one attached hydrogen (secondary N) is 4. The van der Waals surface area contributed by atoms with E-state index in [0.29, 0.717) is 5.56 Å². The van der Waals surface area contributed by atoms with E-state index in [-0.39, 0.29) is 6.42 Å². The maximum atomic E-state index is 12.8. The van der Waals surface area contributed by atoms with Gasteiger partial charge in [-0.25, -0.2) is 0 Å². The van der Waals surface area contributed by atoms with Gasteiger partial charge in [0.2, 0.25) is 17.7 Å². The van der Waals surface area contributed by atoms with Gasteiger partial charge in [0.1, 0.15) is 18.6 Å². The van der Waals surface area contributed by atoms with Gasteiger partial charge in [-0.3, -0.25) is 24.0 Å². The summed E-state index contributed by atoms with van der Waals surface area (Å²) in [5.41, 5.74) is 7.12. The van der Waals surface area contributed by atoms with Gasteiger partial charge in [-0.05, 0) is 18.6 Å². The molecule has 0 aliphatic rings. The fraction of sp³-hybridized carbons (Fsp3) is 0.350. The van der Waals surface area contributed by atoms with E-state index in [9.17, 15) is 24.0 Å². The van der Waals surface area contributed by atoms with Crippen LogP contribution in [0.1, 0.15) is 18.9 Å². The molecular weight excluding hydrogens is 422 g/mol. The summed E-state index contributed by atoms with van der Waals surface area (Å²) < 4.78 is 0. The summed E-state index contributed by atoms with van der Waals surface area (Å²) in [5, 5.41) is 25.3. The normalized spacial score (nSPS) is 13.6. The predicted octanol–water partition coefficient (Wildman–Crippen LogP) is -1.30. The van der Waals surface area contributed by atoms with Crippen molar-refractivity contribution in [2.75, 3.05) is 6.54 Å². The van der Waals surface area contributed by atoms with Crippen LogP contribution in [0, 0.1) is 0 Å². The molecule has 1 aromatic carbocycles. The Morgan fingerprint density at radius 3 is 2.34 bits per heavy atom. The molecule has 0 fully saturated rings. The second-order valence-corrected chi connectivity index (χ2v) is 7.17. The number of carbonyl (C=O) groups is 5. The molecule has 32 heavy (non-hydrogen) atoms. The summed E-state index contributed by atoms with van der Waals surface area (Å²) in [4.78, 5) is 61.7. The van der Waals surface area contributed by atoms with E-state index in [0.717, 1.165) is 10.9 Å². The molecule has 0 aliphatic carbocycles. The molecule has 1 aromatic heterocycles. The summed E-state index contributed by atoms with van der Waals surface area (Å²) >= 11 is 0. The van der Waals surface area contributed by atoms with Gasteiger partial charge < -0.3 is 36.9 Å². The average molecular weight is 447 g/mol. The molecule has 0 bridgehead atoms. The summed E-state index contributed by atoms with van der Waals surface area (Å²) in [6.07, 6.45) is 1.09. The number of carboxylic acids is 2. The van der Waals surface area contributed by atoms with Crippen LogP contribution in [0.3, 0.4) is 0 Å². The number of para-hydroxylation sites is 1. The molecule has 12 nitrogen and oxygen atoms in total. The first kappa shape index (κ1) is 24.3. The number of aromatic nitrogens is 1. The second-order valence-electron chi connectivity index (χ2n) is 7.17. The number of hydrogen-bond donors (Lipinski definition) is 7. The second kappa shape index (κ2) is 10.9. The van der Waals surface area contributed by atoms with E-state index >= 15 is 0 Å². The van der Waals surface area contributed by atoms with Crippen molar-refractivity contribution in [3.05, 3.63) is 36.0 Å². The molecular formula is C20H25N5O7. The van der Waals surface area contributed by atoms with Gasteiger partial charge in [0.25, 0.3) is 0 Å². The van der Waals surface area contributed by atoms with Crippen molar-refractivity contribution in [3.8, 4) is 0 Å². The van der Waals surface area contributed by atoms with E-state index in [2.05, 4.69) is 20.9 Å². The van der Waals surface area contributed by atoms with E-state index < -0.39 is 60.8 Å². The van der Waals surface area contributed by atoms with E-state index in [1.165, 1.54) is 6.92 Å². The Bertz CT molecular complexity index is 1020. The highest BCUT2D eigenvalue weighted by Crippen LogP contribution is 2.19. The Balaban J connectivity index is 2.17. The molecule has 0 saturated carbocycles. The molecule has 0 aliphatic heterocycles. The molecule has 0 radical (unpaired) electrons. The number of fused-ring (bicyclic) bond motifs is 1. The van der Waals surface area contributed by atoms with Crippen molar-refractivity contribution in [3.63, 3.8) is 0 Å². The van der Waals surface area contributed by atoms with Crippen molar-refractivity contribution >= 4 is 40.6 Å². The lowest BCUT2D eigenvalue weighted by Crippen LogP contribution is -2.56. The Morgan fingerprint density at radius 1 is 1.00 bits per heavy atom. The van der Waals surface area contributed by atoms with Crippen LogP contribution in [-0.2, 0) is 30.4 Å². The van der Waals surface area contributed by atoms with E-state index in [4.69, 9.17) is 15.9 Å².